The second kappa shape index (κ2) is 7.25. The van der Waals surface area contributed by atoms with Gasteiger partial charge in [0.15, 0.2) is 0 Å². The molecule has 2 aliphatic rings. The summed E-state index contributed by atoms with van der Waals surface area (Å²) in [5.41, 5.74) is 0. The molecular formula is C18H25N3O2S. The van der Waals surface area contributed by atoms with E-state index in [1.165, 1.54) is 35.8 Å². The monoisotopic (exact) mass is 347 g/mol. The lowest BCUT2D eigenvalue weighted by Gasteiger charge is -2.26. The third-order valence-corrected chi connectivity index (χ3v) is 6.22. The Hall–Kier alpha value is -1.37. The number of nitrogens with zero attached hydrogens (tertiary/aromatic N) is 2. The number of thiophene rings is 1. The standard InChI is InChI=1S/C18H25N3O2S/c22-18(19-5-6-20-7-9-23-10-8-20)16-11-14-12-21(13-17(14)24-16)15-3-1-2-4-15/h11-13,15H,1-10H2,(H,19,22). The van der Waals surface area contributed by atoms with E-state index >= 15 is 0 Å². The van der Waals surface area contributed by atoms with E-state index in [1.807, 2.05) is 6.07 Å². The minimum atomic E-state index is 0.0527. The first kappa shape index (κ1) is 16.1. The van der Waals surface area contributed by atoms with Crippen LogP contribution in [0.1, 0.15) is 41.4 Å². The lowest BCUT2D eigenvalue weighted by molar-refractivity contribution is 0.0383. The Morgan fingerprint density at radius 1 is 1.25 bits per heavy atom. The van der Waals surface area contributed by atoms with Crippen molar-refractivity contribution in [3.8, 4) is 0 Å². The Morgan fingerprint density at radius 2 is 2.04 bits per heavy atom. The van der Waals surface area contributed by atoms with Gasteiger partial charge in [-0.25, -0.2) is 0 Å². The molecular weight excluding hydrogens is 322 g/mol. The van der Waals surface area contributed by atoms with Crippen molar-refractivity contribution in [1.29, 1.82) is 0 Å². The zero-order chi connectivity index (χ0) is 16.4. The van der Waals surface area contributed by atoms with Crippen LogP contribution in [-0.2, 0) is 4.74 Å². The molecule has 24 heavy (non-hydrogen) atoms. The lowest BCUT2D eigenvalue weighted by atomic mass is 10.2. The van der Waals surface area contributed by atoms with Crippen LogP contribution in [0.4, 0.5) is 0 Å². The van der Waals surface area contributed by atoms with E-state index < -0.39 is 0 Å². The molecule has 1 aliphatic carbocycles. The molecule has 2 aromatic rings. The molecule has 1 saturated heterocycles. The summed E-state index contributed by atoms with van der Waals surface area (Å²) < 4.78 is 8.92. The number of nitrogens with one attached hydrogen (secondary N) is 1. The number of hydrogen-bond donors (Lipinski definition) is 1. The summed E-state index contributed by atoms with van der Waals surface area (Å²) in [6.45, 7) is 5.12. The minimum absolute atomic E-state index is 0.0527. The van der Waals surface area contributed by atoms with Crippen molar-refractivity contribution in [3.05, 3.63) is 23.3 Å². The average Bonchev–Trinajstić information content (AvgIpc) is 3.31. The Morgan fingerprint density at radius 3 is 2.79 bits per heavy atom. The molecule has 1 N–H and O–H groups in total. The normalized spacial score (nSPS) is 20.0. The van der Waals surface area contributed by atoms with Gasteiger partial charge in [0.2, 0.25) is 0 Å². The second-order valence-corrected chi connectivity index (χ2v) is 7.87. The molecule has 130 valence electrons. The largest absolute Gasteiger partial charge is 0.379 e. The third kappa shape index (κ3) is 3.50. The van der Waals surface area contributed by atoms with Crippen molar-refractivity contribution in [2.75, 3.05) is 39.4 Å². The molecule has 1 aliphatic heterocycles. The van der Waals surface area contributed by atoms with E-state index in [1.54, 1.807) is 11.3 Å². The number of rotatable bonds is 5. The van der Waals surface area contributed by atoms with Gasteiger partial charge in [0.25, 0.3) is 5.91 Å². The quantitative estimate of drug-likeness (QED) is 0.905. The highest BCUT2D eigenvalue weighted by molar-refractivity contribution is 7.20. The topological polar surface area (TPSA) is 46.5 Å². The van der Waals surface area contributed by atoms with Crippen LogP contribution in [0.25, 0.3) is 10.1 Å². The highest BCUT2D eigenvalue weighted by Crippen LogP contribution is 2.34. The van der Waals surface area contributed by atoms with Crippen molar-refractivity contribution in [3.63, 3.8) is 0 Å². The van der Waals surface area contributed by atoms with Crippen LogP contribution < -0.4 is 5.32 Å². The van der Waals surface area contributed by atoms with Gasteiger partial charge in [0.1, 0.15) is 0 Å². The average molecular weight is 347 g/mol. The van der Waals surface area contributed by atoms with Gasteiger partial charge in [0.05, 0.1) is 22.8 Å². The second-order valence-electron chi connectivity index (χ2n) is 6.78. The first-order valence-electron chi connectivity index (χ1n) is 8.99. The molecule has 0 unspecified atom stereocenters. The fourth-order valence-electron chi connectivity index (χ4n) is 3.72. The molecule has 2 aromatic heterocycles. The first-order chi connectivity index (χ1) is 11.8. The zero-order valence-electron chi connectivity index (χ0n) is 14.0. The molecule has 5 nitrogen and oxygen atoms in total. The number of fused-ring (bicyclic) bond motifs is 1. The first-order valence-corrected chi connectivity index (χ1v) is 9.80. The van der Waals surface area contributed by atoms with Crippen molar-refractivity contribution in [2.45, 2.75) is 31.7 Å². The fraction of sp³-hybridized carbons (Fsp3) is 0.611. The molecule has 0 radical (unpaired) electrons. The molecule has 0 spiro atoms. The predicted molar refractivity (Wildman–Crippen MR) is 96.9 cm³/mol. The van der Waals surface area contributed by atoms with E-state index in [9.17, 15) is 4.79 Å². The Balaban J connectivity index is 1.33. The molecule has 4 rings (SSSR count). The summed E-state index contributed by atoms with van der Waals surface area (Å²) in [6.07, 6.45) is 9.70. The molecule has 2 fully saturated rings. The van der Waals surface area contributed by atoms with Gasteiger partial charge in [-0.1, -0.05) is 12.8 Å². The van der Waals surface area contributed by atoms with E-state index in [-0.39, 0.29) is 5.91 Å². The van der Waals surface area contributed by atoms with Gasteiger partial charge in [-0.15, -0.1) is 11.3 Å². The fourth-order valence-corrected chi connectivity index (χ4v) is 4.71. The maximum absolute atomic E-state index is 12.3. The van der Waals surface area contributed by atoms with Crippen LogP contribution in [0.2, 0.25) is 0 Å². The third-order valence-electron chi connectivity index (χ3n) is 5.13. The minimum Gasteiger partial charge on any atom is -0.379 e. The van der Waals surface area contributed by atoms with Crippen LogP contribution in [0.15, 0.2) is 18.5 Å². The van der Waals surface area contributed by atoms with Gasteiger partial charge in [0, 0.05) is 50.0 Å². The summed E-state index contributed by atoms with van der Waals surface area (Å²) in [4.78, 5) is 15.5. The molecule has 1 amide bonds. The summed E-state index contributed by atoms with van der Waals surface area (Å²) in [5.74, 6) is 0.0527. The van der Waals surface area contributed by atoms with Crippen molar-refractivity contribution in [2.24, 2.45) is 0 Å². The van der Waals surface area contributed by atoms with E-state index in [4.69, 9.17) is 4.74 Å². The number of ether oxygens (including phenoxy) is 1. The maximum Gasteiger partial charge on any atom is 0.261 e. The Labute approximate surface area is 146 Å². The number of carbonyl (C=O) groups is 1. The molecule has 3 heterocycles. The highest BCUT2D eigenvalue weighted by atomic mass is 32.1. The number of hydrogen-bond acceptors (Lipinski definition) is 4. The molecule has 6 heteroatoms. The number of carbonyl (C=O) groups excluding carboxylic acids is 1. The number of amides is 1. The summed E-state index contributed by atoms with van der Waals surface area (Å²) in [5, 5.41) is 4.25. The van der Waals surface area contributed by atoms with Crippen LogP contribution in [0.5, 0.6) is 0 Å². The number of aromatic nitrogens is 1. The molecule has 1 saturated carbocycles. The van der Waals surface area contributed by atoms with Crippen LogP contribution in [0.3, 0.4) is 0 Å². The predicted octanol–water partition coefficient (Wildman–Crippen LogP) is 2.88. The summed E-state index contributed by atoms with van der Waals surface area (Å²) in [6, 6.07) is 2.70. The van der Waals surface area contributed by atoms with Gasteiger partial charge in [-0.3, -0.25) is 9.69 Å². The Bertz CT molecular complexity index is 665. The van der Waals surface area contributed by atoms with Crippen molar-refractivity contribution >= 4 is 27.3 Å². The van der Waals surface area contributed by atoms with E-state index in [0.717, 1.165) is 37.7 Å². The van der Waals surface area contributed by atoms with Gasteiger partial charge in [-0.05, 0) is 18.9 Å². The van der Waals surface area contributed by atoms with Crippen LogP contribution >= 0.6 is 11.3 Å². The van der Waals surface area contributed by atoms with E-state index in [2.05, 4.69) is 27.2 Å². The molecule has 0 atom stereocenters. The lowest BCUT2D eigenvalue weighted by Crippen LogP contribution is -2.41. The van der Waals surface area contributed by atoms with Crippen LogP contribution in [0, 0.1) is 0 Å². The summed E-state index contributed by atoms with van der Waals surface area (Å²) >= 11 is 1.60. The van der Waals surface area contributed by atoms with Crippen molar-refractivity contribution in [1.82, 2.24) is 14.8 Å². The molecule has 0 aromatic carbocycles. The highest BCUT2D eigenvalue weighted by Gasteiger charge is 2.18. The van der Waals surface area contributed by atoms with Crippen LogP contribution in [-0.4, -0.2) is 54.8 Å². The maximum atomic E-state index is 12.3. The van der Waals surface area contributed by atoms with Gasteiger partial charge in [-0.2, -0.15) is 0 Å². The number of morpholine rings is 1. The van der Waals surface area contributed by atoms with Gasteiger partial charge < -0.3 is 14.6 Å². The SMILES string of the molecule is O=C(NCCN1CCOCC1)c1cc2cn(C3CCCC3)cc2s1. The summed E-state index contributed by atoms with van der Waals surface area (Å²) in [7, 11) is 0. The smallest absolute Gasteiger partial charge is 0.261 e. The Kier molecular flexibility index (Phi) is 4.87. The van der Waals surface area contributed by atoms with Gasteiger partial charge >= 0.3 is 0 Å². The van der Waals surface area contributed by atoms with E-state index in [0.29, 0.717) is 12.6 Å². The zero-order valence-corrected chi connectivity index (χ0v) is 14.8. The molecule has 0 bridgehead atoms. The van der Waals surface area contributed by atoms with Crippen molar-refractivity contribution < 1.29 is 9.53 Å².